The molecule has 2 saturated heterocycles. The molecular weight excluding hydrogens is 426 g/mol. The number of aromatic nitrogens is 3. The summed E-state index contributed by atoms with van der Waals surface area (Å²) in [5, 5.41) is 0. The Morgan fingerprint density at radius 3 is 2.79 bits per heavy atom. The predicted molar refractivity (Wildman–Crippen MR) is 135 cm³/mol. The molecule has 2 fully saturated rings. The molecule has 2 aromatic heterocycles. The van der Waals surface area contributed by atoms with E-state index in [2.05, 4.69) is 41.7 Å². The van der Waals surface area contributed by atoms with Crippen LogP contribution in [0.4, 0.5) is 5.82 Å². The number of piperidine rings is 2. The minimum Gasteiger partial charge on any atom is -0.493 e. The minimum atomic E-state index is 0.177. The molecule has 0 spiro atoms. The van der Waals surface area contributed by atoms with Crippen molar-refractivity contribution in [1.29, 1.82) is 0 Å². The second kappa shape index (κ2) is 9.80. The maximum absolute atomic E-state index is 11.7. The fraction of sp³-hybridized carbons (Fsp3) is 0.593. The standard InChI is InChI=1S/C27H37N5O2/c1-19-7-4-5-9-25(19)34-18-21-8-6-12-32(17-21)26-16-28-23-15-24(30(3)27(23)29-26)22-10-13-31(14-11-22)20(2)33/h5,9,15-16,21-22H,4,6-8,10-14,17-18H2,1-3H3. The van der Waals surface area contributed by atoms with Crippen molar-refractivity contribution in [2.75, 3.05) is 37.7 Å². The Bertz CT molecular complexity index is 1110. The summed E-state index contributed by atoms with van der Waals surface area (Å²) in [4.78, 5) is 25.9. The summed E-state index contributed by atoms with van der Waals surface area (Å²) in [5.41, 5.74) is 4.55. The molecule has 7 heteroatoms. The summed E-state index contributed by atoms with van der Waals surface area (Å²) in [7, 11) is 2.11. The average Bonchev–Trinajstić information content (AvgIpc) is 3.19. The summed E-state index contributed by atoms with van der Waals surface area (Å²) in [5.74, 6) is 3.15. The Labute approximate surface area is 202 Å². The van der Waals surface area contributed by atoms with E-state index in [4.69, 9.17) is 14.7 Å². The number of likely N-dealkylation sites (tertiary alicyclic amines) is 1. The monoisotopic (exact) mass is 463 g/mol. The molecule has 2 aromatic rings. The molecule has 5 rings (SSSR count). The third-order valence-electron chi connectivity index (χ3n) is 7.81. The predicted octanol–water partition coefficient (Wildman–Crippen LogP) is 4.55. The molecule has 182 valence electrons. The van der Waals surface area contributed by atoms with Crippen molar-refractivity contribution in [3.63, 3.8) is 0 Å². The Hall–Kier alpha value is -2.83. The van der Waals surface area contributed by atoms with Gasteiger partial charge in [-0.3, -0.25) is 4.79 Å². The van der Waals surface area contributed by atoms with E-state index in [1.165, 1.54) is 17.7 Å². The first-order valence-corrected chi connectivity index (χ1v) is 12.8. The molecule has 1 amide bonds. The maximum Gasteiger partial charge on any atom is 0.219 e. The molecule has 34 heavy (non-hydrogen) atoms. The highest BCUT2D eigenvalue weighted by Gasteiger charge is 2.26. The number of ether oxygens (including phenoxy) is 1. The summed E-state index contributed by atoms with van der Waals surface area (Å²) in [6, 6.07) is 2.20. The van der Waals surface area contributed by atoms with Gasteiger partial charge in [0, 0.05) is 57.7 Å². The topological polar surface area (TPSA) is 63.5 Å². The van der Waals surface area contributed by atoms with Gasteiger partial charge in [0.1, 0.15) is 17.1 Å². The van der Waals surface area contributed by atoms with Crippen molar-refractivity contribution >= 4 is 22.9 Å². The number of hydrogen-bond donors (Lipinski definition) is 0. The highest BCUT2D eigenvalue weighted by molar-refractivity contribution is 5.75. The van der Waals surface area contributed by atoms with Gasteiger partial charge >= 0.3 is 0 Å². The second-order valence-corrected chi connectivity index (χ2v) is 10.2. The first kappa shape index (κ1) is 22.9. The molecule has 1 aliphatic carbocycles. The van der Waals surface area contributed by atoms with E-state index in [-0.39, 0.29) is 5.91 Å². The van der Waals surface area contributed by atoms with Gasteiger partial charge in [-0.25, -0.2) is 9.97 Å². The largest absolute Gasteiger partial charge is 0.493 e. The Morgan fingerprint density at radius 1 is 1.21 bits per heavy atom. The molecule has 0 N–H and O–H groups in total. The van der Waals surface area contributed by atoms with Gasteiger partial charge in [0.05, 0.1) is 12.8 Å². The lowest BCUT2D eigenvalue weighted by molar-refractivity contribution is -0.129. The van der Waals surface area contributed by atoms with Crippen molar-refractivity contribution in [2.45, 2.75) is 58.3 Å². The van der Waals surface area contributed by atoms with Crippen LogP contribution in [-0.4, -0.2) is 58.1 Å². The molecule has 0 bridgehead atoms. The van der Waals surface area contributed by atoms with Crippen molar-refractivity contribution < 1.29 is 9.53 Å². The molecule has 1 atom stereocenters. The van der Waals surface area contributed by atoms with Crippen LogP contribution in [0.1, 0.15) is 64.0 Å². The van der Waals surface area contributed by atoms with Crippen LogP contribution in [-0.2, 0) is 16.6 Å². The fourth-order valence-electron chi connectivity index (χ4n) is 5.67. The highest BCUT2D eigenvalue weighted by Crippen LogP contribution is 2.32. The van der Waals surface area contributed by atoms with Gasteiger partial charge < -0.3 is 19.1 Å². The number of anilines is 1. The molecule has 0 aromatic carbocycles. The molecular formula is C27H37N5O2. The van der Waals surface area contributed by atoms with Gasteiger partial charge in [0.25, 0.3) is 0 Å². The molecule has 4 heterocycles. The number of aryl methyl sites for hydroxylation is 1. The molecule has 0 saturated carbocycles. The lowest BCUT2D eigenvalue weighted by Crippen LogP contribution is -2.37. The Morgan fingerprint density at radius 2 is 2.03 bits per heavy atom. The van der Waals surface area contributed by atoms with E-state index in [9.17, 15) is 4.79 Å². The van der Waals surface area contributed by atoms with E-state index in [1.807, 2.05) is 11.1 Å². The summed E-state index contributed by atoms with van der Waals surface area (Å²) < 4.78 is 8.42. The molecule has 0 radical (unpaired) electrons. The van der Waals surface area contributed by atoms with E-state index in [0.29, 0.717) is 11.8 Å². The van der Waals surface area contributed by atoms with Gasteiger partial charge in [-0.05, 0) is 63.2 Å². The van der Waals surface area contributed by atoms with E-state index < -0.39 is 0 Å². The number of carbonyl (C=O) groups is 1. The summed E-state index contributed by atoms with van der Waals surface area (Å²) >= 11 is 0. The van der Waals surface area contributed by atoms with Crippen molar-refractivity contribution in [1.82, 2.24) is 19.4 Å². The quantitative estimate of drug-likeness (QED) is 0.651. The van der Waals surface area contributed by atoms with Crippen LogP contribution in [0.25, 0.3) is 11.2 Å². The number of nitrogens with zero attached hydrogens (tertiary/aromatic N) is 5. The summed E-state index contributed by atoms with van der Waals surface area (Å²) in [6.07, 6.45) is 12.8. The lowest BCUT2D eigenvalue weighted by Gasteiger charge is -2.33. The van der Waals surface area contributed by atoms with Crippen molar-refractivity contribution in [2.24, 2.45) is 13.0 Å². The van der Waals surface area contributed by atoms with E-state index >= 15 is 0 Å². The normalized spacial score (nSPS) is 22.0. The zero-order chi connectivity index (χ0) is 23.7. The fourth-order valence-corrected chi connectivity index (χ4v) is 5.67. The maximum atomic E-state index is 11.7. The lowest BCUT2D eigenvalue weighted by atomic mass is 9.93. The van der Waals surface area contributed by atoms with Gasteiger partial charge in [-0.15, -0.1) is 0 Å². The van der Waals surface area contributed by atoms with Crippen LogP contribution in [0.5, 0.6) is 0 Å². The van der Waals surface area contributed by atoms with Crippen LogP contribution in [0.2, 0.25) is 0 Å². The highest BCUT2D eigenvalue weighted by atomic mass is 16.5. The van der Waals surface area contributed by atoms with Crippen LogP contribution in [0.15, 0.2) is 35.7 Å². The van der Waals surface area contributed by atoms with E-state index in [1.54, 1.807) is 6.92 Å². The third kappa shape index (κ3) is 4.70. The molecule has 2 aliphatic heterocycles. The zero-order valence-electron chi connectivity index (χ0n) is 20.8. The molecule has 1 unspecified atom stereocenters. The Kier molecular flexibility index (Phi) is 6.61. The number of hydrogen-bond acceptors (Lipinski definition) is 5. The average molecular weight is 464 g/mol. The van der Waals surface area contributed by atoms with Gasteiger partial charge in [-0.2, -0.15) is 0 Å². The molecule has 3 aliphatic rings. The van der Waals surface area contributed by atoms with Gasteiger partial charge in [-0.1, -0.05) is 6.08 Å². The zero-order valence-corrected chi connectivity index (χ0v) is 20.8. The SMILES string of the molecule is CC(=O)N1CCC(c2cc3ncc(N4CCCC(COC5=C(C)CCC=C5)C4)nc3n2C)CC1. The van der Waals surface area contributed by atoms with Gasteiger partial charge in [0.2, 0.25) is 5.91 Å². The van der Waals surface area contributed by atoms with Crippen LogP contribution < -0.4 is 4.90 Å². The summed E-state index contributed by atoms with van der Waals surface area (Å²) in [6.45, 7) is 8.23. The number of rotatable bonds is 5. The molecule has 7 nitrogen and oxygen atoms in total. The number of fused-ring (bicyclic) bond motifs is 1. The van der Waals surface area contributed by atoms with Crippen LogP contribution in [0, 0.1) is 5.92 Å². The second-order valence-electron chi connectivity index (χ2n) is 10.2. The van der Waals surface area contributed by atoms with Crippen molar-refractivity contribution in [3.8, 4) is 0 Å². The van der Waals surface area contributed by atoms with Crippen LogP contribution >= 0.6 is 0 Å². The Balaban J connectivity index is 1.27. The van der Waals surface area contributed by atoms with E-state index in [0.717, 1.165) is 87.6 Å². The number of carbonyl (C=O) groups excluding carboxylic acids is 1. The number of amides is 1. The first-order chi connectivity index (χ1) is 16.5. The van der Waals surface area contributed by atoms with Crippen LogP contribution in [0.3, 0.4) is 0 Å². The first-order valence-electron chi connectivity index (χ1n) is 12.8. The number of allylic oxidation sites excluding steroid dienone is 3. The minimum absolute atomic E-state index is 0.177. The van der Waals surface area contributed by atoms with Gasteiger partial charge in [0.15, 0.2) is 5.65 Å². The van der Waals surface area contributed by atoms with Crippen molar-refractivity contribution in [3.05, 3.63) is 41.4 Å². The third-order valence-corrected chi connectivity index (χ3v) is 7.81. The smallest absolute Gasteiger partial charge is 0.219 e.